The Morgan fingerprint density at radius 1 is 0.833 bits per heavy atom. The molecule has 0 saturated heterocycles. The first-order chi connectivity index (χ1) is 5.91. The van der Waals surface area contributed by atoms with Gasteiger partial charge in [-0.05, 0) is 17.8 Å². The summed E-state index contributed by atoms with van der Waals surface area (Å²) >= 11 is 4.32. The Bertz CT molecular complexity index is 431. The van der Waals surface area contributed by atoms with Crippen molar-refractivity contribution in [1.82, 2.24) is 0 Å². The van der Waals surface area contributed by atoms with E-state index in [0.717, 1.165) is 0 Å². The van der Waals surface area contributed by atoms with E-state index in [1.165, 1.54) is 0 Å². The van der Waals surface area contributed by atoms with Gasteiger partial charge < -0.3 is 0 Å². The summed E-state index contributed by atoms with van der Waals surface area (Å²) in [5, 5.41) is 2.20. The van der Waals surface area contributed by atoms with E-state index in [0.29, 0.717) is 0 Å². The van der Waals surface area contributed by atoms with Crippen LogP contribution in [0, 0.1) is 59.7 Å². The van der Waals surface area contributed by atoms with Crippen LogP contribution in [0.5, 0.6) is 0 Å². The molecule has 0 aliphatic carbocycles. The summed E-state index contributed by atoms with van der Waals surface area (Å²) in [6.45, 7) is 0. The maximum absolute atomic E-state index is 4.84. The molecule has 0 aromatic rings. The van der Waals surface area contributed by atoms with Gasteiger partial charge >= 0.3 is 0 Å². The lowest BCUT2D eigenvalue weighted by atomic mass is 10.5. The van der Waals surface area contributed by atoms with Crippen molar-refractivity contribution in [3.63, 3.8) is 0 Å². The number of hydrogen-bond donors (Lipinski definition) is 0. The molecule has 0 amide bonds. The highest BCUT2D eigenvalue weighted by Gasteiger charge is 1.69. The van der Waals surface area contributed by atoms with Crippen molar-refractivity contribution < 1.29 is 0 Å². The molecule has 0 aromatic heterocycles. The summed E-state index contributed by atoms with van der Waals surface area (Å²) in [6, 6.07) is 0. The summed E-state index contributed by atoms with van der Waals surface area (Å²) in [5.41, 5.74) is 0. The molecule has 0 saturated carbocycles. The highest BCUT2D eigenvalue weighted by atomic mass is 32.1. The molecule has 0 fully saturated rings. The first kappa shape index (κ1) is 9.80. The van der Waals surface area contributed by atoms with Crippen LogP contribution in [-0.4, -0.2) is 5.37 Å². The van der Waals surface area contributed by atoms with Crippen molar-refractivity contribution in [2.75, 3.05) is 0 Å². The summed E-state index contributed by atoms with van der Waals surface area (Å²) < 4.78 is 0. The standard InChI is InChI=1S/C11HS/c1-2-3-4-5-6-7-8-9-10-11-12/h1H/q+1. The van der Waals surface area contributed by atoms with Crippen molar-refractivity contribution in [2.45, 2.75) is 0 Å². The molecule has 0 aromatic carbocycles. The molecular weight excluding hydrogens is 164 g/mol. The quantitative estimate of drug-likeness (QED) is 0.286. The van der Waals surface area contributed by atoms with E-state index in [1.807, 2.05) is 0 Å². The first-order valence-corrected chi connectivity index (χ1v) is 3.15. The molecule has 0 N–H and O–H groups in total. The van der Waals surface area contributed by atoms with Gasteiger partial charge in [-0.25, -0.2) is 0 Å². The fraction of sp³-hybridized carbons (Fsp3) is 0. The van der Waals surface area contributed by atoms with Crippen LogP contribution in [0.15, 0.2) is 0 Å². The first-order valence-electron chi connectivity index (χ1n) is 2.74. The van der Waals surface area contributed by atoms with Crippen molar-refractivity contribution in [2.24, 2.45) is 0 Å². The Morgan fingerprint density at radius 3 is 1.83 bits per heavy atom. The van der Waals surface area contributed by atoms with Crippen LogP contribution >= 0.6 is 12.2 Å². The van der Waals surface area contributed by atoms with Gasteiger partial charge in [0.2, 0.25) is 17.2 Å². The Balaban J connectivity index is 4.09. The summed E-state index contributed by atoms with van der Waals surface area (Å²) in [5.74, 6) is 21.3. The summed E-state index contributed by atoms with van der Waals surface area (Å²) in [7, 11) is 0. The second kappa shape index (κ2) is 8.80. The minimum atomic E-state index is 2.12. The van der Waals surface area contributed by atoms with Gasteiger partial charge in [0.25, 0.3) is 0 Å². The Hall–Kier alpha value is -2.20. The zero-order valence-corrected chi connectivity index (χ0v) is 6.80. The maximum Gasteiger partial charge on any atom is 0.249 e. The molecule has 0 heterocycles. The normalized spacial score (nSPS) is 3.58. The minimum Gasteiger partial charge on any atom is -0.106 e. The monoisotopic (exact) mass is 165 g/mol. The van der Waals surface area contributed by atoms with Crippen molar-refractivity contribution in [3.05, 3.63) is 0 Å². The van der Waals surface area contributed by atoms with Crippen molar-refractivity contribution >= 4 is 17.6 Å². The lowest BCUT2D eigenvalue weighted by Gasteiger charge is -1.50. The van der Waals surface area contributed by atoms with E-state index in [4.69, 9.17) is 6.42 Å². The van der Waals surface area contributed by atoms with Crippen LogP contribution in [0.25, 0.3) is 0 Å². The average Bonchev–Trinajstić information content (AvgIpc) is 2.10. The smallest absolute Gasteiger partial charge is 0.106 e. The van der Waals surface area contributed by atoms with E-state index in [9.17, 15) is 0 Å². The summed E-state index contributed by atoms with van der Waals surface area (Å²) in [6.07, 6.45) is 4.84. The van der Waals surface area contributed by atoms with E-state index in [-0.39, 0.29) is 0 Å². The second-order valence-corrected chi connectivity index (χ2v) is 1.45. The molecule has 0 aliphatic heterocycles. The third kappa shape index (κ3) is 7.80. The number of thiocarbonyl (C=S) groups is 1. The van der Waals surface area contributed by atoms with E-state index in [2.05, 4.69) is 70.9 Å². The highest BCUT2D eigenvalue weighted by molar-refractivity contribution is 7.79. The van der Waals surface area contributed by atoms with Gasteiger partial charge in [0.1, 0.15) is 18.1 Å². The molecule has 12 heavy (non-hydrogen) atoms. The average molecular weight is 165 g/mol. The highest BCUT2D eigenvalue weighted by Crippen LogP contribution is 1.55. The van der Waals surface area contributed by atoms with Crippen molar-refractivity contribution in [3.8, 4) is 59.7 Å². The second-order valence-electron chi connectivity index (χ2n) is 1.25. The molecule has 50 valence electrons. The van der Waals surface area contributed by atoms with Gasteiger partial charge in [-0.1, -0.05) is 0 Å². The third-order valence-electron chi connectivity index (χ3n) is 0.561. The molecule has 0 radical (unpaired) electrons. The SMILES string of the molecule is C#CC#CC#CC#CC#C[C+]=S. The molecule has 0 nitrogen and oxygen atoms in total. The molecule has 0 aliphatic rings. The van der Waals surface area contributed by atoms with Crippen LogP contribution in [0.3, 0.4) is 0 Å². The Morgan fingerprint density at radius 2 is 1.33 bits per heavy atom. The van der Waals surface area contributed by atoms with Gasteiger partial charge in [-0.15, -0.1) is 6.42 Å². The van der Waals surface area contributed by atoms with Crippen LogP contribution in [0.2, 0.25) is 0 Å². The Kier molecular flexibility index (Phi) is 7.19. The predicted molar refractivity (Wildman–Crippen MR) is 52.5 cm³/mol. The van der Waals surface area contributed by atoms with Crippen molar-refractivity contribution in [1.29, 1.82) is 0 Å². The lowest BCUT2D eigenvalue weighted by molar-refractivity contribution is 2.37. The lowest BCUT2D eigenvalue weighted by Crippen LogP contribution is -1.55. The van der Waals surface area contributed by atoms with Crippen LogP contribution in [-0.2, 0) is 0 Å². The van der Waals surface area contributed by atoms with E-state index < -0.39 is 0 Å². The zero-order valence-electron chi connectivity index (χ0n) is 5.99. The molecule has 0 atom stereocenters. The molecule has 0 spiro atoms. The fourth-order valence-electron chi connectivity index (χ4n) is 0.249. The third-order valence-corrected chi connectivity index (χ3v) is 0.663. The molecule has 0 bridgehead atoms. The number of terminal acetylenes is 1. The molecular formula is C11HS+. The fourth-order valence-corrected chi connectivity index (χ4v) is 0.300. The van der Waals surface area contributed by atoms with Crippen LogP contribution in [0.4, 0.5) is 0 Å². The topological polar surface area (TPSA) is 0 Å². The zero-order chi connectivity index (χ0) is 9.07. The van der Waals surface area contributed by atoms with Crippen LogP contribution < -0.4 is 0 Å². The van der Waals surface area contributed by atoms with Gasteiger partial charge in [-0.3, -0.25) is 0 Å². The van der Waals surface area contributed by atoms with Gasteiger partial charge in [0.05, 0.1) is 0 Å². The largest absolute Gasteiger partial charge is 0.249 e. The molecule has 0 unspecified atom stereocenters. The molecule has 1 heteroatoms. The predicted octanol–water partition coefficient (Wildman–Crippen LogP) is 0.510. The van der Waals surface area contributed by atoms with E-state index in [1.54, 1.807) is 0 Å². The maximum atomic E-state index is 4.84. The molecule has 0 rings (SSSR count). The van der Waals surface area contributed by atoms with Gasteiger partial charge in [-0.2, -0.15) is 0 Å². The Labute approximate surface area is 77.7 Å². The number of rotatable bonds is 0. The van der Waals surface area contributed by atoms with Gasteiger partial charge in [0.15, 0.2) is 0 Å². The summed E-state index contributed by atoms with van der Waals surface area (Å²) in [4.78, 5) is 0. The van der Waals surface area contributed by atoms with Crippen LogP contribution in [0.1, 0.15) is 0 Å². The van der Waals surface area contributed by atoms with Gasteiger partial charge in [0, 0.05) is 17.8 Å². The number of hydrogen-bond acceptors (Lipinski definition) is 1. The van der Waals surface area contributed by atoms with E-state index >= 15 is 0 Å². The minimum absolute atomic E-state index is 2.12.